The molecule has 0 spiro atoms. The molecule has 0 saturated carbocycles. The lowest BCUT2D eigenvalue weighted by Gasteiger charge is -2.12. The van der Waals surface area contributed by atoms with Gasteiger partial charge in [0, 0.05) is 25.0 Å². The number of imidazole rings is 1. The van der Waals surface area contributed by atoms with Gasteiger partial charge in [0.15, 0.2) is 5.82 Å². The number of carbonyl (C=O) groups excluding carboxylic acids is 1. The van der Waals surface area contributed by atoms with Crippen LogP contribution in [0.1, 0.15) is 25.1 Å². The second kappa shape index (κ2) is 9.61. The first-order valence-electron chi connectivity index (χ1n) is 7.70. The van der Waals surface area contributed by atoms with Gasteiger partial charge < -0.3 is 10.6 Å². The van der Waals surface area contributed by atoms with Gasteiger partial charge in [-0.05, 0) is 50.9 Å². The maximum Gasteiger partial charge on any atom is 0.224 e. The monoisotopic (exact) mass is 371 g/mol. The average molecular weight is 372 g/mol. The van der Waals surface area contributed by atoms with Gasteiger partial charge in [-0.2, -0.15) is 0 Å². The molecule has 1 aliphatic rings. The van der Waals surface area contributed by atoms with Gasteiger partial charge in [0.2, 0.25) is 5.91 Å². The van der Waals surface area contributed by atoms with Gasteiger partial charge in [-0.25, -0.2) is 9.97 Å². The zero-order valence-electron chi connectivity index (χ0n) is 13.6. The molecule has 3 rings (SSSR count). The van der Waals surface area contributed by atoms with Crippen molar-refractivity contribution >= 4 is 36.4 Å². The zero-order valence-corrected chi connectivity index (χ0v) is 15.2. The van der Waals surface area contributed by atoms with E-state index in [1.54, 1.807) is 12.4 Å². The summed E-state index contributed by atoms with van der Waals surface area (Å²) in [5.74, 6) is 2.20. The molecule has 0 aromatic carbocycles. The number of anilines is 1. The molecule has 1 saturated heterocycles. The Morgan fingerprint density at radius 1 is 1.38 bits per heavy atom. The molecule has 0 radical (unpaired) electrons. The van der Waals surface area contributed by atoms with Gasteiger partial charge in [-0.3, -0.25) is 9.36 Å². The van der Waals surface area contributed by atoms with Crippen molar-refractivity contribution in [3.8, 4) is 5.82 Å². The largest absolute Gasteiger partial charge is 0.323 e. The molecule has 24 heavy (non-hydrogen) atoms. The molecule has 8 heteroatoms. The second-order valence-electron chi connectivity index (χ2n) is 5.66. The minimum atomic E-state index is 0. The van der Waals surface area contributed by atoms with Crippen molar-refractivity contribution in [2.45, 2.75) is 26.2 Å². The number of hydrogen-bond acceptors (Lipinski definition) is 4. The van der Waals surface area contributed by atoms with Crippen LogP contribution in [0.3, 0.4) is 0 Å². The summed E-state index contributed by atoms with van der Waals surface area (Å²) in [5.41, 5.74) is 0.721. The summed E-state index contributed by atoms with van der Waals surface area (Å²) in [4.78, 5) is 20.8. The average Bonchev–Trinajstić information content (AvgIpc) is 3.17. The van der Waals surface area contributed by atoms with Crippen molar-refractivity contribution in [2.24, 2.45) is 5.92 Å². The lowest BCUT2D eigenvalue weighted by molar-refractivity contribution is -0.116. The maximum atomic E-state index is 12.2. The molecule has 132 valence electrons. The Hall–Kier alpha value is -1.63. The molecule has 2 N–H and O–H groups in total. The Balaban J connectivity index is 0.00000144. The molecule has 0 aliphatic carbocycles. The highest BCUT2D eigenvalue weighted by atomic mass is 35.5. The van der Waals surface area contributed by atoms with E-state index in [1.165, 1.54) is 6.42 Å². The third-order valence-electron chi connectivity index (χ3n) is 4.06. The first-order chi connectivity index (χ1) is 10.7. The van der Waals surface area contributed by atoms with Crippen molar-refractivity contribution in [2.75, 3.05) is 18.4 Å². The van der Waals surface area contributed by atoms with Gasteiger partial charge >= 0.3 is 0 Å². The van der Waals surface area contributed by atoms with Crippen LogP contribution < -0.4 is 10.6 Å². The first kappa shape index (κ1) is 20.4. The standard InChI is InChI=1S/C16H21N5O.2ClH/c1-12-18-9-10-21(12)16-14(3-2-7-19-16)20-15(22)5-4-13-6-8-17-11-13;;/h2-3,7,9-10,13,17H,4-6,8,11H2,1H3,(H,20,22);2*1H. The van der Waals surface area contributed by atoms with Crippen LogP contribution in [0.2, 0.25) is 0 Å². The normalized spacial score (nSPS) is 16.1. The predicted octanol–water partition coefficient (Wildman–Crippen LogP) is 2.75. The van der Waals surface area contributed by atoms with E-state index in [1.807, 2.05) is 29.8 Å². The van der Waals surface area contributed by atoms with Crippen molar-refractivity contribution in [3.05, 3.63) is 36.5 Å². The van der Waals surface area contributed by atoms with E-state index in [0.717, 1.165) is 31.0 Å². The second-order valence-corrected chi connectivity index (χ2v) is 5.66. The summed E-state index contributed by atoms with van der Waals surface area (Å²) in [5, 5.41) is 6.31. The lowest BCUT2D eigenvalue weighted by Crippen LogP contribution is -2.16. The number of amides is 1. The molecular weight excluding hydrogens is 349 g/mol. The van der Waals surface area contributed by atoms with Crippen molar-refractivity contribution in [1.29, 1.82) is 0 Å². The van der Waals surface area contributed by atoms with E-state index in [0.29, 0.717) is 18.2 Å². The van der Waals surface area contributed by atoms with Crippen LogP contribution >= 0.6 is 24.8 Å². The Morgan fingerprint density at radius 3 is 2.88 bits per heavy atom. The van der Waals surface area contributed by atoms with E-state index < -0.39 is 0 Å². The maximum absolute atomic E-state index is 12.2. The Bertz CT molecular complexity index is 655. The summed E-state index contributed by atoms with van der Waals surface area (Å²) >= 11 is 0. The fourth-order valence-corrected chi connectivity index (χ4v) is 2.80. The Kier molecular flexibility index (Phi) is 8.18. The van der Waals surface area contributed by atoms with Crippen molar-refractivity contribution < 1.29 is 4.79 Å². The molecular formula is C16H23Cl2N5O. The highest BCUT2D eigenvalue weighted by Crippen LogP contribution is 2.20. The number of nitrogens with one attached hydrogen (secondary N) is 2. The third kappa shape index (κ3) is 4.93. The number of aromatic nitrogens is 3. The molecule has 1 atom stereocenters. The van der Waals surface area contributed by atoms with Gasteiger partial charge in [0.1, 0.15) is 5.82 Å². The highest BCUT2D eigenvalue weighted by Gasteiger charge is 2.16. The number of nitrogens with zero attached hydrogens (tertiary/aromatic N) is 3. The number of hydrogen-bond donors (Lipinski definition) is 2. The van der Waals surface area contributed by atoms with Crippen molar-refractivity contribution in [3.63, 3.8) is 0 Å². The topological polar surface area (TPSA) is 71.8 Å². The molecule has 1 unspecified atom stereocenters. The first-order valence-corrected chi connectivity index (χ1v) is 7.70. The summed E-state index contributed by atoms with van der Waals surface area (Å²) in [6.07, 6.45) is 7.93. The molecule has 1 fully saturated rings. The van der Waals surface area contributed by atoms with Crippen molar-refractivity contribution in [1.82, 2.24) is 19.9 Å². The Labute approximate surface area is 154 Å². The summed E-state index contributed by atoms with van der Waals surface area (Å²) < 4.78 is 1.87. The zero-order chi connectivity index (χ0) is 15.4. The summed E-state index contributed by atoms with van der Waals surface area (Å²) in [6, 6.07) is 3.70. The summed E-state index contributed by atoms with van der Waals surface area (Å²) in [7, 11) is 0. The highest BCUT2D eigenvalue weighted by molar-refractivity contribution is 5.92. The fourth-order valence-electron chi connectivity index (χ4n) is 2.80. The third-order valence-corrected chi connectivity index (χ3v) is 4.06. The quantitative estimate of drug-likeness (QED) is 0.847. The molecule has 6 nitrogen and oxygen atoms in total. The number of aryl methyl sites for hydroxylation is 1. The van der Waals surface area contributed by atoms with E-state index in [-0.39, 0.29) is 30.7 Å². The minimum Gasteiger partial charge on any atom is -0.323 e. The van der Waals surface area contributed by atoms with Crippen LogP contribution in [0.15, 0.2) is 30.7 Å². The van der Waals surface area contributed by atoms with Crippen LogP contribution in [0.25, 0.3) is 5.82 Å². The van der Waals surface area contributed by atoms with E-state index in [2.05, 4.69) is 20.6 Å². The number of carbonyl (C=O) groups is 1. The SMILES string of the molecule is Cc1nccn1-c1ncccc1NC(=O)CCC1CCNC1.Cl.Cl. The molecule has 2 aromatic rings. The molecule has 1 aliphatic heterocycles. The van der Waals surface area contributed by atoms with Crippen LogP contribution in [-0.4, -0.2) is 33.5 Å². The fraction of sp³-hybridized carbons (Fsp3) is 0.438. The Morgan fingerprint density at radius 2 is 2.21 bits per heavy atom. The van der Waals surface area contributed by atoms with E-state index in [9.17, 15) is 4.79 Å². The number of pyridine rings is 1. The summed E-state index contributed by atoms with van der Waals surface area (Å²) in [6.45, 7) is 4.01. The van der Waals surface area contributed by atoms with Gasteiger partial charge in [0.25, 0.3) is 0 Å². The smallest absolute Gasteiger partial charge is 0.224 e. The van der Waals surface area contributed by atoms with Crippen LogP contribution in [-0.2, 0) is 4.79 Å². The minimum absolute atomic E-state index is 0. The molecule has 2 aromatic heterocycles. The lowest BCUT2D eigenvalue weighted by atomic mass is 10.0. The van der Waals surface area contributed by atoms with Gasteiger partial charge in [-0.1, -0.05) is 0 Å². The van der Waals surface area contributed by atoms with E-state index >= 15 is 0 Å². The molecule has 0 bridgehead atoms. The van der Waals surface area contributed by atoms with Crippen LogP contribution in [0, 0.1) is 12.8 Å². The van der Waals surface area contributed by atoms with E-state index in [4.69, 9.17) is 0 Å². The van der Waals surface area contributed by atoms with Crippen LogP contribution in [0.4, 0.5) is 5.69 Å². The van der Waals surface area contributed by atoms with Gasteiger partial charge in [-0.15, -0.1) is 24.8 Å². The van der Waals surface area contributed by atoms with Crippen LogP contribution in [0.5, 0.6) is 0 Å². The number of rotatable bonds is 5. The predicted molar refractivity (Wildman–Crippen MR) is 99.4 cm³/mol. The molecule has 3 heterocycles. The molecule has 1 amide bonds. The number of halogens is 2. The van der Waals surface area contributed by atoms with Gasteiger partial charge in [0.05, 0.1) is 5.69 Å².